The van der Waals surface area contributed by atoms with Crippen LogP contribution in [0.25, 0.3) is 0 Å². The summed E-state index contributed by atoms with van der Waals surface area (Å²) in [7, 11) is 0. The fourth-order valence-corrected chi connectivity index (χ4v) is 4.10. The summed E-state index contributed by atoms with van der Waals surface area (Å²) in [5.41, 5.74) is 0.383. The molecule has 7 nitrogen and oxygen atoms in total. The minimum Gasteiger partial charge on any atom is -0.350 e. The van der Waals surface area contributed by atoms with E-state index in [0.29, 0.717) is 13.1 Å². The molecule has 2 aromatic rings. The van der Waals surface area contributed by atoms with E-state index in [0.717, 1.165) is 24.8 Å². The normalized spacial score (nSPS) is 21.3. The van der Waals surface area contributed by atoms with Gasteiger partial charge in [-0.3, -0.25) is 14.2 Å². The van der Waals surface area contributed by atoms with Gasteiger partial charge < -0.3 is 10.2 Å². The highest BCUT2D eigenvalue weighted by Gasteiger charge is 2.46. The molecule has 2 amide bonds. The molecular formula is C20H22N4O3. The van der Waals surface area contributed by atoms with Crippen molar-refractivity contribution in [1.82, 2.24) is 19.8 Å². The van der Waals surface area contributed by atoms with E-state index >= 15 is 0 Å². The Morgan fingerprint density at radius 2 is 1.89 bits per heavy atom. The Bertz CT molecular complexity index is 901. The van der Waals surface area contributed by atoms with Gasteiger partial charge in [0.2, 0.25) is 11.8 Å². The van der Waals surface area contributed by atoms with Crippen molar-refractivity contribution in [2.75, 3.05) is 13.1 Å². The van der Waals surface area contributed by atoms with Crippen molar-refractivity contribution >= 4 is 11.8 Å². The van der Waals surface area contributed by atoms with Crippen molar-refractivity contribution in [3.05, 3.63) is 64.8 Å². The Balaban J connectivity index is 1.39. The average molecular weight is 366 g/mol. The minimum atomic E-state index is -0.423. The molecule has 0 saturated carbocycles. The first-order valence-electron chi connectivity index (χ1n) is 9.23. The first kappa shape index (κ1) is 17.5. The lowest BCUT2D eigenvalue weighted by Gasteiger charge is -2.39. The third-order valence-corrected chi connectivity index (χ3v) is 5.66. The molecule has 2 aliphatic rings. The first-order valence-corrected chi connectivity index (χ1v) is 9.23. The van der Waals surface area contributed by atoms with Crippen molar-refractivity contribution in [1.29, 1.82) is 0 Å². The van der Waals surface area contributed by atoms with Crippen LogP contribution in [0.1, 0.15) is 30.7 Å². The maximum absolute atomic E-state index is 12.5. The van der Waals surface area contributed by atoms with Crippen LogP contribution in [0.3, 0.4) is 0 Å². The first-order chi connectivity index (χ1) is 13.1. The number of piperidine rings is 1. The van der Waals surface area contributed by atoms with E-state index in [9.17, 15) is 14.4 Å². The molecule has 2 saturated heterocycles. The summed E-state index contributed by atoms with van der Waals surface area (Å²) in [4.78, 5) is 42.2. The van der Waals surface area contributed by atoms with Crippen LogP contribution in [0.5, 0.6) is 0 Å². The molecule has 0 bridgehead atoms. The maximum atomic E-state index is 12.5. The lowest BCUT2D eigenvalue weighted by Crippen LogP contribution is -2.52. The van der Waals surface area contributed by atoms with E-state index in [1.54, 1.807) is 17.2 Å². The van der Waals surface area contributed by atoms with Crippen molar-refractivity contribution in [3.63, 3.8) is 0 Å². The Kier molecular flexibility index (Phi) is 4.51. The molecule has 7 heteroatoms. The molecule has 1 aromatic heterocycles. The molecule has 3 heterocycles. The Labute approximate surface area is 157 Å². The Morgan fingerprint density at radius 3 is 2.59 bits per heavy atom. The number of nitrogens with zero attached hydrogens (tertiary/aromatic N) is 3. The van der Waals surface area contributed by atoms with Gasteiger partial charge in [0.1, 0.15) is 6.54 Å². The highest BCUT2D eigenvalue weighted by atomic mass is 16.2. The molecule has 0 unspecified atom stereocenters. The van der Waals surface area contributed by atoms with E-state index in [-0.39, 0.29) is 29.8 Å². The summed E-state index contributed by atoms with van der Waals surface area (Å²) in [6.45, 7) is 1.16. The van der Waals surface area contributed by atoms with Gasteiger partial charge in [0, 0.05) is 31.0 Å². The van der Waals surface area contributed by atoms with Gasteiger partial charge in [-0.25, -0.2) is 9.78 Å². The van der Waals surface area contributed by atoms with Gasteiger partial charge in [-0.2, -0.15) is 0 Å². The third-order valence-electron chi connectivity index (χ3n) is 5.66. The lowest BCUT2D eigenvalue weighted by atomic mass is 9.82. The number of likely N-dealkylation sites (tertiary alicyclic amines) is 1. The topological polar surface area (TPSA) is 84.3 Å². The number of hydrogen-bond donors (Lipinski definition) is 1. The van der Waals surface area contributed by atoms with Gasteiger partial charge in [-0.1, -0.05) is 30.3 Å². The minimum absolute atomic E-state index is 0.00132. The molecule has 1 atom stereocenters. The van der Waals surface area contributed by atoms with Gasteiger partial charge in [-0.05, 0) is 30.9 Å². The van der Waals surface area contributed by atoms with Gasteiger partial charge in [0.15, 0.2) is 0 Å². The fraction of sp³-hybridized carbons (Fsp3) is 0.400. The highest BCUT2D eigenvalue weighted by Crippen LogP contribution is 2.39. The van der Waals surface area contributed by atoms with Crippen LogP contribution < -0.4 is 11.0 Å². The quantitative estimate of drug-likeness (QED) is 0.875. The van der Waals surface area contributed by atoms with Crippen LogP contribution >= 0.6 is 0 Å². The van der Waals surface area contributed by atoms with Crippen LogP contribution in [0.2, 0.25) is 0 Å². The number of carbonyl (C=O) groups excluding carboxylic acids is 2. The van der Waals surface area contributed by atoms with Crippen LogP contribution in [0.15, 0.2) is 53.6 Å². The van der Waals surface area contributed by atoms with Gasteiger partial charge >= 0.3 is 5.69 Å². The zero-order valence-electron chi connectivity index (χ0n) is 15.0. The second-order valence-corrected chi connectivity index (χ2v) is 7.35. The Morgan fingerprint density at radius 1 is 1.15 bits per heavy atom. The number of rotatable bonds is 3. The van der Waals surface area contributed by atoms with Crippen molar-refractivity contribution in [2.24, 2.45) is 0 Å². The van der Waals surface area contributed by atoms with Crippen molar-refractivity contribution < 1.29 is 9.59 Å². The molecular weight excluding hydrogens is 344 g/mol. The molecule has 2 fully saturated rings. The molecule has 140 valence electrons. The molecule has 1 N–H and O–H groups in total. The third kappa shape index (κ3) is 3.49. The van der Waals surface area contributed by atoms with Gasteiger partial charge in [0.25, 0.3) is 0 Å². The van der Waals surface area contributed by atoms with Crippen LogP contribution in [-0.2, 0) is 16.1 Å². The molecule has 0 aliphatic carbocycles. The zero-order chi connectivity index (χ0) is 18.9. The smallest absolute Gasteiger partial charge is 0.347 e. The monoisotopic (exact) mass is 366 g/mol. The number of amides is 2. The molecule has 27 heavy (non-hydrogen) atoms. The lowest BCUT2D eigenvalue weighted by molar-refractivity contribution is -0.133. The average Bonchev–Trinajstić information content (AvgIpc) is 3.00. The number of carbonyl (C=O) groups is 2. The van der Waals surface area contributed by atoms with Crippen LogP contribution in [-0.4, -0.2) is 44.9 Å². The van der Waals surface area contributed by atoms with Gasteiger partial charge in [0.05, 0.1) is 5.92 Å². The van der Waals surface area contributed by atoms with Crippen LogP contribution in [0.4, 0.5) is 0 Å². The maximum Gasteiger partial charge on any atom is 0.347 e. The summed E-state index contributed by atoms with van der Waals surface area (Å²) < 4.78 is 1.31. The second-order valence-electron chi connectivity index (χ2n) is 7.35. The molecule has 1 aromatic carbocycles. The van der Waals surface area contributed by atoms with E-state index in [1.807, 2.05) is 30.3 Å². The van der Waals surface area contributed by atoms with E-state index in [2.05, 4.69) is 10.3 Å². The van der Waals surface area contributed by atoms with Crippen molar-refractivity contribution in [2.45, 2.75) is 37.3 Å². The zero-order valence-corrected chi connectivity index (χ0v) is 15.0. The SMILES string of the molecule is O=C1NC2(CCN(C(=O)Cn3cccnc3=O)CC2)C[C@@H]1c1ccccc1. The number of aromatic nitrogens is 2. The largest absolute Gasteiger partial charge is 0.350 e. The van der Waals surface area contributed by atoms with Gasteiger partial charge in [-0.15, -0.1) is 0 Å². The van der Waals surface area contributed by atoms with E-state index in [1.165, 1.54) is 10.8 Å². The predicted molar refractivity (Wildman–Crippen MR) is 99.0 cm³/mol. The molecule has 2 aliphatic heterocycles. The number of nitrogens with one attached hydrogen (secondary N) is 1. The van der Waals surface area contributed by atoms with E-state index < -0.39 is 5.69 Å². The van der Waals surface area contributed by atoms with Crippen LogP contribution in [0, 0.1) is 0 Å². The highest BCUT2D eigenvalue weighted by molar-refractivity contribution is 5.87. The van der Waals surface area contributed by atoms with E-state index in [4.69, 9.17) is 0 Å². The summed E-state index contributed by atoms with van der Waals surface area (Å²) in [6.07, 6.45) is 5.21. The summed E-state index contributed by atoms with van der Waals surface area (Å²) in [5, 5.41) is 3.19. The Hall–Kier alpha value is -2.96. The standard InChI is InChI=1S/C20H22N4O3/c25-17(14-24-10-4-9-21-19(24)27)23-11-7-20(8-12-23)13-16(18(26)22-20)15-5-2-1-3-6-15/h1-6,9-10,16H,7-8,11-14H2,(H,22,26)/t16-/m1/s1. The summed E-state index contributed by atoms with van der Waals surface area (Å²) >= 11 is 0. The molecule has 0 radical (unpaired) electrons. The second kappa shape index (κ2) is 6.98. The fourth-order valence-electron chi connectivity index (χ4n) is 4.10. The predicted octanol–water partition coefficient (Wildman–Crippen LogP) is 0.908. The summed E-state index contributed by atoms with van der Waals surface area (Å²) in [6, 6.07) is 11.5. The summed E-state index contributed by atoms with van der Waals surface area (Å²) in [5.74, 6) is -0.144. The molecule has 1 spiro atoms. The number of benzene rings is 1. The van der Waals surface area contributed by atoms with Crippen molar-refractivity contribution in [3.8, 4) is 0 Å². The number of hydrogen-bond acceptors (Lipinski definition) is 4. The molecule has 4 rings (SSSR count).